The number of nitrogens with zero attached hydrogens (tertiary/aromatic N) is 1. The first kappa shape index (κ1) is 22.3. The number of rotatable bonds is 6. The number of aromatic hydroxyl groups is 1. The first-order valence-corrected chi connectivity index (χ1v) is 11.6. The van der Waals surface area contributed by atoms with Crippen LogP contribution in [-0.2, 0) is 10.0 Å². The summed E-state index contributed by atoms with van der Waals surface area (Å²) in [6.07, 6.45) is 1.34. The van der Waals surface area contributed by atoms with Gasteiger partial charge in [0.1, 0.15) is 5.75 Å². The molecule has 0 aliphatic heterocycles. The number of hydrazone groups is 1. The summed E-state index contributed by atoms with van der Waals surface area (Å²) in [5, 5.41) is 16.2. The predicted molar refractivity (Wildman–Crippen MR) is 129 cm³/mol. The Morgan fingerprint density at radius 1 is 0.909 bits per heavy atom. The van der Waals surface area contributed by atoms with Gasteiger partial charge in [-0.15, -0.1) is 0 Å². The van der Waals surface area contributed by atoms with E-state index < -0.39 is 15.9 Å². The van der Waals surface area contributed by atoms with E-state index in [9.17, 15) is 18.3 Å². The van der Waals surface area contributed by atoms with E-state index >= 15 is 0 Å². The number of fused-ring (bicyclic) bond motifs is 1. The summed E-state index contributed by atoms with van der Waals surface area (Å²) in [4.78, 5) is 12.7. The van der Waals surface area contributed by atoms with E-state index in [2.05, 4.69) is 15.2 Å². The molecule has 0 bridgehead atoms. The number of carbonyl (C=O) groups is 1. The maximum Gasteiger partial charge on any atom is 0.273 e. The zero-order valence-corrected chi connectivity index (χ0v) is 18.6. The minimum atomic E-state index is -3.94. The molecule has 0 saturated carbocycles. The van der Waals surface area contributed by atoms with Crippen LogP contribution >= 0.6 is 11.6 Å². The largest absolute Gasteiger partial charge is 0.507 e. The average molecular weight is 480 g/mol. The third-order valence-electron chi connectivity index (χ3n) is 4.85. The molecular weight excluding hydrogens is 462 g/mol. The standard InChI is InChI=1S/C24H18ClN3O4S/c25-17-10-12-18(13-11-17)33(31,32)28-22-8-4-3-7-20(22)24(30)27-26-15-21-19-6-2-1-5-16(19)9-14-23(21)29/h1-15,28-29H,(H,27,30)/b26-15+. The maximum atomic E-state index is 12.7. The van der Waals surface area contributed by atoms with E-state index in [1.165, 1.54) is 42.6 Å². The van der Waals surface area contributed by atoms with Crippen molar-refractivity contribution in [3.05, 3.63) is 101 Å². The van der Waals surface area contributed by atoms with E-state index in [-0.39, 0.29) is 21.9 Å². The highest BCUT2D eigenvalue weighted by Gasteiger charge is 2.18. The minimum absolute atomic E-state index is 0.00608. The summed E-state index contributed by atoms with van der Waals surface area (Å²) < 4.78 is 27.8. The van der Waals surface area contributed by atoms with E-state index in [4.69, 9.17) is 11.6 Å². The molecule has 7 nitrogen and oxygen atoms in total. The lowest BCUT2D eigenvalue weighted by Crippen LogP contribution is -2.21. The molecule has 0 radical (unpaired) electrons. The first-order chi connectivity index (χ1) is 15.8. The van der Waals surface area contributed by atoms with Crippen LogP contribution in [0.15, 0.2) is 94.9 Å². The van der Waals surface area contributed by atoms with Crippen LogP contribution in [0.1, 0.15) is 15.9 Å². The molecular formula is C24H18ClN3O4S. The number of phenolic OH excluding ortho intramolecular Hbond substituents is 1. The van der Waals surface area contributed by atoms with E-state index in [0.717, 1.165) is 10.8 Å². The Hall–Kier alpha value is -3.88. The van der Waals surface area contributed by atoms with Crippen molar-refractivity contribution in [2.75, 3.05) is 4.72 Å². The number of hydrogen-bond donors (Lipinski definition) is 3. The molecule has 33 heavy (non-hydrogen) atoms. The van der Waals surface area contributed by atoms with Gasteiger partial charge in [0.25, 0.3) is 15.9 Å². The number of para-hydroxylation sites is 1. The van der Waals surface area contributed by atoms with Crippen molar-refractivity contribution in [1.29, 1.82) is 0 Å². The average Bonchev–Trinajstić information content (AvgIpc) is 2.81. The number of benzene rings is 4. The third-order valence-corrected chi connectivity index (χ3v) is 6.48. The molecule has 166 valence electrons. The highest BCUT2D eigenvalue weighted by Crippen LogP contribution is 2.25. The molecule has 0 atom stereocenters. The number of nitrogens with one attached hydrogen (secondary N) is 2. The fraction of sp³-hybridized carbons (Fsp3) is 0. The van der Waals surface area contributed by atoms with Crippen molar-refractivity contribution in [1.82, 2.24) is 5.43 Å². The Bertz CT molecular complexity index is 1470. The Labute approximate surface area is 195 Å². The highest BCUT2D eigenvalue weighted by atomic mass is 35.5. The van der Waals surface area contributed by atoms with E-state index in [1.54, 1.807) is 24.3 Å². The Morgan fingerprint density at radius 3 is 2.39 bits per heavy atom. The van der Waals surface area contributed by atoms with Crippen LogP contribution in [0.25, 0.3) is 10.8 Å². The molecule has 0 aliphatic carbocycles. The molecule has 0 aromatic heterocycles. The second kappa shape index (κ2) is 9.32. The number of sulfonamides is 1. The van der Waals surface area contributed by atoms with Gasteiger partial charge in [0.05, 0.1) is 22.4 Å². The van der Waals surface area contributed by atoms with Gasteiger partial charge in [0.15, 0.2) is 0 Å². The van der Waals surface area contributed by atoms with Crippen molar-refractivity contribution >= 4 is 50.2 Å². The van der Waals surface area contributed by atoms with Gasteiger partial charge >= 0.3 is 0 Å². The van der Waals surface area contributed by atoms with Crippen LogP contribution in [0, 0.1) is 0 Å². The molecule has 4 aromatic carbocycles. The number of anilines is 1. The van der Waals surface area contributed by atoms with Crippen molar-refractivity contribution in [2.45, 2.75) is 4.90 Å². The van der Waals surface area contributed by atoms with Gasteiger partial charge in [-0.2, -0.15) is 5.10 Å². The van der Waals surface area contributed by atoms with Crippen molar-refractivity contribution in [3.8, 4) is 5.75 Å². The second-order valence-electron chi connectivity index (χ2n) is 7.02. The Morgan fingerprint density at radius 2 is 1.61 bits per heavy atom. The number of halogens is 1. The summed E-state index contributed by atoms with van der Waals surface area (Å²) in [5.74, 6) is -0.608. The van der Waals surface area contributed by atoms with Crippen LogP contribution in [0.2, 0.25) is 5.02 Å². The number of phenols is 1. The third kappa shape index (κ3) is 4.97. The molecule has 3 N–H and O–H groups in total. The van der Waals surface area contributed by atoms with Gasteiger partial charge < -0.3 is 5.11 Å². The molecule has 0 spiro atoms. The lowest BCUT2D eigenvalue weighted by molar-refractivity contribution is 0.0956. The summed E-state index contributed by atoms with van der Waals surface area (Å²) in [6.45, 7) is 0. The number of carbonyl (C=O) groups excluding carboxylic acids is 1. The van der Waals surface area contributed by atoms with Crippen LogP contribution < -0.4 is 10.1 Å². The van der Waals surface area contributed by atoms with Crippen molar-refractivity contribution in [2.24, 2.45) is 5.10 Å². The van der Waals surface area contributed by atoms with Crippen LogP contribution in [0.4, 0.5) is 5.69 Å². The fourth-order valence-electron chi connectivity index (χ4n) is 3.22. The zero-order chi connectivity index (χ0) is 23.4. The quantitative estimate of drug-likeness (QED) is 0.273. The van der Waals surface area contributed by atoms with Gasteiger partial charge in [-0.1, -0.05) is 54.1 Å². The van der Waals surface area contributed by atoms with Gasteiger partial charge in [0, 0.05) is 10.6 Å². The summed E-state index contributed by atoms with van der Waals surface area (Å²) in [7, 11) is -3.94. The van der Waals surface area contributed by atoms with Crippen molar-refractivity contribution < 1.29 is 18.3 Å². The molecule has 0 fully saturated rings. The van der Waals surface area contributed by atoms with Gasteiger partial charge in [0.2, 0.25) is 0 Å². The van der Waals surface area contributed by atoms with Gasteiger partial charge in [-0.3, -0.25) is 9.52 Å². The molecule has 1 amide bonds. The Balaban J connectivity index is 1.56. The summed E-state index contributed by atoms with van der Waals surface area (Å²) >= 11 is 5.83. The maximum absolute atomic E-state index is 12.7. The van der Waals surface area contributed by atoms with Gasteiger partial charge in [-0.05, 0) is 53.2 Å². The molecule has 0 aliphatic rings. The smallest absolute Gasteiger partial charge is 0.273 e. The molecule has 0 heterocycles. The second-order valence-corrected chi connectivity index (χ2v) is 9.14. The molecule has 0 unspecified atom stereocenters. The van der Waals surface area contributed by atoms with Gasteiger partial charge in [-0.25, -0.2) is 13.8 Å². The summed E-state index contributed by atoms with van der Waals surface area (Å²) in [5.41, 5.74) is 3.00. The summed E-state index contributed by atoms with van der Waals surface area (Å²) in [6, 6.07) is 22.6. The monoisotopic (exact) mass is 479 g/mol. The molecule has 9 heteroatoms. The SMILES string of the molecule is O=C(N/N=C/c1c(O)ccc2ccccc12)c1ccccc1NS(=O)(=O)c1ccc(Cl)cc1. The highest BCUT2D eigenvalue weighted by molar-refractivity contribution is 7.92. The minimum Gasteiger partial charge on any atom is -0.507 e. The number of amides is 1. The fourth-order valence-corrected chi connectivity index (χ4v) is 4.43. The topological polar surface area (TPSA) is 108 Å². The Kier molecular flexibility index (Phi) is 6.30. The van der Waals surface area contributed by atoms with Crippen molar-refractivity contribution in [3.63, 3.8) is 0 Å². The normalized spacial score (nSPS) is 11.5. The zero-order valence-electron chi connectivity index (χ0n) is 17.1. The first-order valence-electron chi connectivity index (χ1n) is 9.77. The predicted octanol–water partition coefficient (Wildman–Crippen LogP) is 4.76. The van der Waals surface area contributed by atoms with Crippen LogP contribution in [0.3, 0.4) is 0 Å². The van der Waals surface area contributed by atoms with E-state index in [0.29, 0.717) is 10.6 Å². The van der Waals surface area contributed by atoms with Crippen LogP contribution in [-0.4, -0.2) is 25.6 Å². The van der Waals surface area contributed by atoms with Crippen LogP contribution in [0.5, 0.6) is 5.75 Å². The lowest BCUT2D eigenvalue weighted by atomic mass is 10.0. The molecule has 4 aromatic rings. The lowest BCUT2D eigenvalue weighted by Gasteiger charge is -2.12. The molecule has 0 saturated heterocycles. The number of hydrogen-bond acceptors (Lipinski definition) is 5. The van der Waals surface area contributed by atoms with E-state index in [1.807, 2.05) is 24.3 Å². The molecule has 4 rings (SSSR count).